The molecule has 0 radical (unpaired) electrons. The van der Waals surface area contributed by atoms with Gasteiger partial charge in [0, 0.05) is 54.8 Å². The van der Waals surface area contributed by atoms with Crippen LogP contribution in [0.25, 0.3) is 21.8 Å². The minimum absolute atomic E-state index is 0. The zero-order chi connectivity index (χ0) is 32.2. The van der Waals surface area contributed by atoms with Gasteiger partial charge in [-0.05, 0) is 88.1 Å². The SMILES string of the molecule is Cl.Cn1ncc2ccc(Br)cc21.Cn1ncc2ccc(N=C3C[C@@]4(CN5CCC4CC5)ON3)cc21.NC1=NO[C@@]2(C1)CN1CCC2CC1. The van der Waals surface area contributed by atoms with Crippen LogP contribution in [0.5, 0.6) is 0 Å². The number of oxime groups is 1. The minimum atomic E-state index is -0.0635. The number of halogens is 2. The molecule has 8 aliphatic rings. The summed E-state index contributed by atoms with van der Waals surface area (Å²) in [4.78, 5) is 21.4. The fourth-order valence-electron chi connectivity index (χ4n) is 8.44. The monoisotopic (exact) mass is 738 g/mol. The van der Waals surface area contributed by atoms with Gasteiger partial charge in [-0.15, -0.1) is 12.4 Å². The Bertz CT molecular complexity index is 1840. The van der Waals surface area contributed by atoms with Crippen molar-refractivity contribution in [2.24, 2.45) is 41.8 Å². The number of nitrogens with two attached hydrogens (primary N) is 1. The average Bonchev–Trinajstić information content (AvgIpc) is 3.86. The molecule has 2 aromatic heterocycles. The molecule has 256 valence electrons. The van der Waals surface area contributed by atoms with Gasteiger partial charge in [0.05, 0.1) is 35.5 Å². The van der Waals surface area contributed by atoms with E-state index in [1.165, 1.54) is 57.2 Å². The van der Waals surface area contributed by atoms with E-state index in [9.17, 15) is 0 Å². The molecule has 2 aromatic carbocycles. The lowest BCUT2D eigenvalue weighted by atomic mass is 9.74. The summed E-state index contributed by atoms with van der Waals surface area (Å²) in [5.41, 5.74) is 11.9. The summed E-state index contributed by atoms with van der Waals surface area (Å²) >= 11 is 3.41. The van der Waals surface area contributed by atoms with Crippen LogP contribution in [-0.2, 0) is 23.8 Å². The molecule has 0 aliphatic carbocycles. The standard InChI is InChI=1S/C17H21N5O.C9H15N3O.C8H7BrN2.ClH/c1-21-15-8-14(3-2-12(15)10-18-21)19-16-9-17(23-20-16)11-22-6-4-13(17)5-7-22;10-8-5-9(13-11-8)6-12-3-1-7(9)2-4-12;1-11-8-4-7(9)3-2-6(8)5-10-11;/h2-3,8,10,13H,4-7,9,11H2,1H3,(H,19,20);7H,1-6H2,(H2,10,11);2-5H,1H3;1H/t17-;9-;;/m00../s1. The van der Waals surface area contributed by atoms with Crippen LogP contribution in [0.4, 0.5) is 5.69 Å². The first-order valence-electron chi connectivity index (χ1n) is 16.7. The van der Waals surface area contributed by atoms with Gasteiger partial charge in [-0.3, -0.25) is 24.6 Å². The zero-order valence-electron chi connectivity index (χ0n) is 27.5. The Kier molecular flexibility index (Phi) is 9.18. The normalized spacial score (nSPS) is 32.0. The van der Waals surface area contributed by atoms with E-state index in [1.807, 2.05) is 54.1 Å². The van der Waals surface area contributed by atoms with E-state index in [0.29, 0.717) is 17.7 Å². The maximum Gasteiger partial charge on any atom is 0.160 e. The van der Waals surface area contributed by atoms with Gasteiger partial charge in [0.1, 0.15) is 17.3 Å². The van der Waals surface area contributed by atoms with Crippen LogP contribution in [0.15, 0.2) is 63.4 Å². The highest BCUT2D eigenvalue weighted by molar-refractivity contribution is 9.10. The Morgan fingerprint density at radius 3 is 1.98 bits per heavy atom. The topological polar surface area (TPSA) is 123 Å². The van der Waals surface area contributed by atoms with Crippen molar-refractivity contribution in [3.8, 4) is 0 Å². The number of hydrogen-bond donors (Lipinski definition) is 2. The van der Waals surface area contributed by atoms with Gasteiger partial charge in [0.2, 0.25) is 0 Å². The Balaban J connectivity index is 0.000000124. The highest BCUT2D eigenvalue weighted by Gasteiger charge is 2.53. The van der Waals surface area contributed by atoms with Gasteiger partial charge in [-0.25, -0.2) is 4.99 Å². The fourth-order valence-corrected chi connectivity index (χ4v) is 8.79. The van der Waals surface area contributed by atoms with Crippen molar-refractivity contribution in [1.82, 2.24) is 34.8 Å². The molecular formula is C34H44BrClN10O2. The van der Waals surface area contributed by atoms with E-state index in [4.69, 9.17) is 20.4 Å². The molecule has 7 fully saturated rings. The quantitative estimate of drug-likeness (QED) is 0.283. The first-order chi connectivity index (χ1) is 22.8. The number of amidine groups is 2. The van der Waals surface area contributed by atoms with Crippen molar-refractivity contribution >= 4 is 67.5 Å². The third kappa shape index (κ3) is 6.31. The molecule has 10 heterocycles. The Hall–Kier alpha value is -3.23. The van der Waals surface area contributed by atoms with Gasteiger partial charge in [-0.1, -0.05) is 27.2 Å². The van der Waals surface area contributed by atoms with Crippen LogP contribution in [0.1, 0.15) is 38.5 Å². The second kappa shape index (κ2) is 13.2. The van der Waals surface area contributed by atoms with Crippen LogP contribution in [0, 0.1) is 11.8 Å². The molecule has 2 atom stereocenters. The number of aromatic nitrogens is 4. The van der Waals surface area contributed by atoms with Crippen LogP contribution < -0.4 is 11.2 Å². The molecular weight excluding hydrogens is 696 g/mol. The highest BCUT2D eigenvalue weighted by atomic mass is 79.9. The third-order valence-electron chi connectivity index (χ3n) is 11.0. The van der Waals surface area contributed by atoms with Crippen LogP contribution in [0.3, 0.4) is 0 Å². The van der Waals surface area contributed by atoms with Crippen molar-refractivity contribution in [1.29, 1.82) is 0 Å². The van der Waals surface area contributed by atoms with Gasteiger partial charge >= 0.3 is 0 Å². The Morgan fingerprint density at radius 2 is 1.42 bits per heavy atom. The number of aliphatic imine (C=N–C) groups is 1. The molecule has 12 rings (SSSR count). The van der Waals surface area contributed by atoms with Gasteiger partial charge in [0.25, 0.3) is 0 Å². The van der Waals surface area contributed by atoms with E-state index >= 15 is 0 Å². The van der Waals surface area contributed by atoms with Crippen molar-refractivity contribution in [2.75, 3.05) is 39.3 Å². The van der Waals surface area contributed by atoms with Crippen LogP contribution in [-0.4, -0.2) is 91.5 Å². The van der Waals surface area contributed by atoms with E-state index in [0.717, 1.165) is 58.3 Å². The Labute approximate surface area is 295 Å². The first kappa shape index (κ1) is 33.3. The molecule has 0 saturated carbocycles. The second-order valence-electron chi connectivity index (χ2n) is 14.0. The third-order valence-corrected chi connectivity index (χ3v) is 11.5. The molecule has 3 N–H and O–H groups in total. The lowest BCUT2D eigenvalue weighted by molar-refractivity contribution is -0.150. The van der Waals surface area contributed by atoms with E-state index < -0.39 is 0 Å². The van der Waals surface area contributed by atoms with Gasteiger partial charge in [0.15, 0.2) is 5.60 Å². The summed E-state index contributed by atoms with van der Waals surface area (Å²) in [6, 6.07) is 12.3. The predicted molar refractivity (Wildman–Crippen MR) is 193 cm³/mol. The van der Waals surface area contributed by atoms with Crippen molar-refractivity contribution < 1.29 is 9.68 Å². The summed E-state index contributed by atoms with van der Waals surface area (Å²) in [6.45, 7) is 6.97. The molecule has 2 spiro atoms. The average molecular weight is 740 g/mol. The summed E-state index contributed by atoms with van der Waals surface area (Å²) in [5, 5.41) is 14.6. The summed E-state index contributed by atoms with van der Waals surface area (Å²) in [6.07, 6.45) is 10.5. The predicted octanol–water partition coefficient (Wildman–Crippen LogP) is 4.89. The molecule has 4 aromatic rings. The number of aryl methyl sites for hydroxylation is 2. The summed E-state index contributed by atoms with van der Waals surface area (Å²) in [7, 11) is 3.90. The molecule has 7 saturated heterocycles. The highest BCUT2D eigenvalue weighted by Crippen LogP contribution is 2.43. The minimum Gasteiger partial charge on any atom is -0.386 e. The number of nitrogens with one attached hydrogen (secondary N) is 1. The number of nitrogens with zero attached hydrogens (tertiary/aromatic N) is 8. The summed E-state index contributed by atoms with van der Waals surface area (Å²) in [5.74, 6) is 2.96. The lowest BCUT2D eigenvalue weighted by Gasteiger charge is -2.49. The molecule has 0 amide bonds. The maximum absolute atomic E-state index is 6.06. The smallest absolute Gasteiger partial charge is 0.160 e. The number of piperidine rings is 6. The van der Waals surface area contributed by atoms with Crippen LogP contribution >= 0.6 is 28.3 Å². The van der Waals surface area contributed by atoms with Crippen LogP contribution in [0.2, 0.25) is 0 Å². The number of fused-ring (bicyclic) bond motifs is 6. The van der Waals surface area contributed by atoms with Crippen molar-refractivity contribution in [3.63, 3.8) is 0 Å². The molecule has 12 nitrogen and oxygen atoms in total. The lowest BCUT2D eigenvalue weighted by Crippen LogP contribution is -2.59. The Morgan fingerprint density at radius 1 is 0.833 bits per heavy atom. The van der Waals surface area contributed by atoms with E-state index in [2.05, 4.69) is 64.8 Å². The maximum atomic E-state index is 6.06. The first-order valence-corrected chi connectivity index (χ1v) is 17.5. The molecule has 8 aliphatic heterocycles. The fraction of sp³-hybridized carbons (Fsp3) is 0.529. The van der Waals surface area contributed by atoms with E-state index in [1.54, 1.807) is 0 Å². The summed E-state index contributed by atoms with van der Waals surface area (Å²) < 4.78 is 4.83. The zero-order valence-corrected chi connectivity index (χ0v) is 29.9. The largest absolute Gasteiger partial charge is 0.386 e. The second-order valence-corrected chi connectivity index (χ2v) is 14.9. The molecule has 0 unspecified atom stereocenters. The number of hydroxylamine groups is 1. The number of hydrogen-bond acceptors (Lipinski definition) is 9. The van der Waals surface area contributed by atoms with Crippen molar-refractivity contribution in [3.05, 3.63) is 53.3 Å². The van der Waals surface area contributed by atoms with Gasteiger partial charge < -0.3 is 15.5 Å². The number of rotatable bonds is 1. The van der Waals surface area contributed by atoms with Gasteiger partial charge in [-0.2, -0.15) is 10.2 Å². The molecule has 4 bridgehead atoms. The molecule has 14 heteroatoms. The number of benzene rings is 2. The van der Waals surface area contributed by atoms with E-state index in [-0.39, 0.29) is 23.6 Å². The van der Waals surface area contributed by atoms with Crippen molar-refractivity contribution in [2.45, 2.75) is 49.7 Å². The molecule has 48 heavy (non-hydrogen) atoms.